The molecule has 0 saturated carbocycles. The Morgan fingerprint density at radius 3 is 2.82 bits per heavy atom. The number of rotatable bonds is 5. The van der Waals surface area contributed by atoms with Crippen LogP contribution in [0.1, 0.15) is 12.0 Å². The molecule has 17 heavy (non-hydrogen) atoms. The van der Waals surface area contributed by atoms with Gasteiger partial charge in [-0.15, -0.1) is 0 Å². The number of aliphatic carboxylic acids is 1. The van der Waals surface area contributed by atoms with Crippen molar-refractivity contribution in [2.75, 3.05) is 7.11 Å². The van der Waals surface area contributed by atoms with Crippen LogP contribution < -0.4 is 4.74 Å². The van der Waals surface area contributed by atoms with Crippen LogP contribution in [0.15, 0.2) is 24.3 Å². The number of nitrogens with zero attached hydrogens (tertiary/aromatic N) is 1. The van der Waals surface area contributed by atoms with Crippen LogP contribution in [0.3, 0.4) is 0 Å². The SMILES string of the molecule is COc1ccc(C=CCC(=O)O)c([N+](=O)[O-])c1. The number of carboxylic acids is 1. The van der Waals surface area contributed by atoms with E-state index in [1.165, 1.54) is 31.4 Å². The number of benzene rings is 1. The fourth-order valence-corrected chi connectivity index (χ4v) is 1.24. The lowest BCUT2D eigenvalue weighted by Gasteiger charge is -2.01. The second kappa shape index (κ2) is 5.64. The Balaban J connectivity index is 3.02. The van der Waals surface area contributed by atoms with E-state index in [1.807, 2.05) is 0 Å². The van der Waals surface area contributed by atoms with E-state index in [2.05, 4.69) is 0 Å². The zero-order valence-electron chi connectivity index (χ0n) is 9.12. The second-order valence-electron chi connectivity index (χ2n) is 3.18. The molecule has 0 aromatic heterocycles. The maximum atomic E-state index is 10.8. The molecule has 1 rings (SSSR count). The number of nitro benzene ring substituents is 1. The van der Waals surface area contributed by atoms with Crippen molar-refractivity contribution in [3.63, 3.8) is 0 Å². The smallest absolute Gasteiger partial charge is 0.307 e. The van der Waals surface area contributed by atoms with Crippen molar-refractivity contribution >= 4 is 17.7 Å². The molecule has 6 nitrogen and oxygen atoms in total. The van der Waals surface area contributed by atoms with Gasteiger partial charge >= 0.3 is 5.97 Å². The number of ether oxygens (including phenoxy) is 1. The number of hydrogen-bond acceptors (Lipinski definition) is 4. The summed E-state index contributed by atoms with van der Waals surface area (Å²) >= 11 is 0. The van der Waals surface area contributed by atoms with Gasteiger partial charge in [-0.05, 0) is 12.1 Å². The minimum Gasteiger partial charge on any atom is -0.497 e. The normalized spacial score (nSPS) is 10.4. The Kier molecular flexibility index (Phi) is 4.21. The van der Waals surface area contributed by atoms with Crippen LogP contribution in [-0.2, 0) is 4.79 Å². The summed E-state index contributed by atoms with van der Waals surface area (Å²) in [6, 6.07) is 4.38. The molecule has 0 aliphatic carbocycles. The lowest BCUT2D eigenvalue weighted by atomic mass is 10.1. The fraction of sp³-hybridized carbons (Fsp3) is 0.182. The van der Waals surface area contributed by atoms with Gasteiger partial charge in [-0.3, -0.25) is 14.9 Å². The summed E-state index contributed by atoms with van der Waals surface area (Å²) in [4.78, 5) is 20.6. The van der Waals surface area contributed by atoms with E-state index in [-0.39, 0.29) is 12.1 Å². The van der Waals surface area contributed by atoms with Gasteiger partial charge in [0.05, 0.1) is 30.1 Å². The average Bonchev–Trinajstić information content (AvgIpc) is 2.28. The summed E-state index contributed by atoms with van der Waals surface area (Å²) in [5.41, 5.74) is 0.225. The van der Waals surface area contributed by atoms with Crippen molar-refractivity contribution in [3.8, 4) is 5.75 Å². The van der Waals surface area contributed by atoms with Crippen molar-refractivity contribution in [2.45, 2.75) is 6.42 Å². The minimum atomic E-state index is -0.989. The summed E-state index contributed by atoms with van der Waals surface area (Å²) in [5, 5.41) is 19.2. The first kappa shape index (κ1) is 12.7. The van der Waals surface area contributed by atoms with Crippen LogP contribution >= 0.6 is 0 Å². The predicted molar refractivity (Wildman–Crippen MR) is 60.9 cm³/mol. The largest absolute Gasteiger partial charge is 0.497 e. The van der Waals surface area contributed by atoms with Crippen LogP contribution in [-0.4, -0.2) is 23.1 Å². The molecule has 0 unspecified atom stereocenters. The predicted octanol–water partition coefficient (Wildman–Crippen LogP) is 2.09. The molecule has 90 valence electrons. The Morgan fingerprint density at radius 2 is 2.29 bits per heavy atom. The number of methoxy groups -OCH3 is 1. The van der Waals surface area contributed by atoms with Gasteiger partial charge < -0.3 is 9.84 Å². The van der Waals surface area contributed by atoms with Crippen LogP contribution in [0.25, 0.3) is 6.08 Å². The van der Waals surface area contributed by atoms with Crippen molar-refractivity contribution in [1.29, 1.82) is 0 Å². The molecule has 0 aliphatic heterocycles. The number of hydrogen-bond donors (Lipinski definition) is 1. The highest BCUT2D eigenvalue weighted by molar-refractivity contribution is 5.71. The van der Waals surface area contributed by atoms with Gasteiger partial charge in [0, 0.05) is 0 Å². The minimum absolute atomic E-state index is 0.119. The maximum Gasteiger partial charge on any atom is 0.307 e. The van der Waals surface area contributed by atoms with Crippen LogP contribution in [0, 0.1) is 10.1 Å². The van der Waals surface area contributed by atoms with Crippen molar-refractivity contribution in [1.82, 2.24) is 0 Å². The van der Waals surface area contributed by atoms with E-state index in [4.69, 9.17) is 9.84 Å². The zero-order chi connectivity index (χ0) is 12.8. The lowest BCUT2D eigenvalue weighted by Crippen LogP contribution is -1.94. The van der Waals surface area contributed by atoms with Gasteiger partial charge in [-0.25, -0.2) is 0 Å². The van der Waals surface area contributed by atoms with Crippen molar-refractivity contribution in [2.24, 2.45) is 0 Å². The molecule has 0 bridgehead atoms. The summed E-state index contributed by atoms with van der Waals surface area (Å²) in [6.07, 6.45) is 2.59. The highest BCUT2D eigenvalue weighted by Crippen LogP contribution is 2.25. The topological polar surface area (TPSA) is 89.7 Å². The molecular formula is C11H11NO5. The van der Waals surface area contributed by atoms with Crippen LogP contribution in [0.2, 0.25) is 0 Å². The summed E-state index contributed by atoms with van der Waals surface area (Å²) < 4.78 is 4.88. The summed E-state index contributed by atoms with van der Waals surface area (Å²) in [7, 11) is 1.42. The summed E-state index contributed by atoms with van der Waals surface area (Å²) in [6.45, 7) is 0. The van der Waals surface area contributed by atoms with Gasteiger partial charge in [-0.2, -0.15) is 0 Å². The molecule has 0 radical (unpaired) electrons. The molecule has 0 heterocycles. The van der Waals surface area contributed by atoms with Gasteiger partial charge in [0.25, 0.3) is 5.69 Å². The standard InChI is InChI=1S/C11H11NO5/c1-17-9-6-5-8(3-2-4-11(13)14)10(7-9)12(15)16/h2-3,5-7H,4H2,1H3,(H,13,14). The van der Waals surface area contributed by atoms with E-state index in [0.29, 0.717) is 11.3 Å². The summed E-state index contributed by atoms with van der Waals surface area (Å²) in [5.74, 6) is -0.607. The third-order valence-electron chi connectivity index (χ3n) is 2.02. The molecule has 0 spiro atoms. The van der Waals surface area contributed by atoms with E-state index < -0.39 is 10.9 Å². The molecular weight excluding hydrogens is 226 g/mol. The van der Waals surface area contributed by atoms with Gasteiger partial charge in [0.1, 0.15) is 5.75 Å². The van der Waals surface area contributed by atoms with Gasteiger partial charge in [0.15, 0.2) is 0 Å². The molecule has 0 aliphatic rings. The number of nitro groups is 1. The maximum absolute atomic E-state index is 10.8. The van der Waals surface area contributed by atoms with Gasteiger partial charge in [-0.1, -0.05) is 12.2 Å². The van der Waals surface area contributed by atoms with Crippen LogP contribution in [0.4, 0.5) is 5.69 Å². The molecule has 6 heteroatoms. The first-order valence-electron chi connectivity index (χ1n) is 4.75. The second-order valence-corrected chi connectivity index (χ2v) is 3.18. The Morgan fingerprint density at radius 1 is 1.59 bits per heavy atom. The molecule has 1 aromatic carbocycles. The van der Waals surface area contributed by atoms with E-state index in [0.717, 1.165) is 0 Å². The first-order chi connectivity index (χ1) is 8.04. The third-order valence-corrected chi connectivity index (χ3v) is 2.02. The fourth-order valence-electron chi connectivity index (χ4n) is 1.24. The van der Waals surface area contributed by atoms with Crippen molar-refractivity contribution < 1.29 is 19.6 Å². The van der Waals surface area contributed by atoms with Gasteiger partial charge in [0.2, 0.25) is 0 Å². The Hall–Kier alpha value is -2.37. The molecule has 0 atom stereocenters. The number of carboxylic acid groups (broad SMARTS) is 1. The first-order valence-corrected chi connectivity index (χ1v) is 4.75. The molecule has 0 amide bonds. The van der Waals surface area contributed by atoms with E-state index in [9.17, 15) is 14.9 Å². The van der Waals surface area contributed by atoms with Crippen molar-refractivity contribution in [3.05, 3.63) is 40.0 Å². The Labute approximate surface area is 97.3 Å². The monoisotopic (exact) mass is 237 g/mol. The highest BCUT2D eigenvalue weighted by Gasteiger charge is 2.12. The molecule has 1 N–H and O–H groups in total. The molecule has 0 fully saturated rings. The Bertz CT molecular complexity index is 467. The lowest BCUT2D eigenvalue weighted by molar-refractivity contribution is -0.385. The number of carbonyl (C=O) groups is 1. The molecule has 1 aromatic rings. The molecule has 0 saturated heterocycles. The van der Waals surface area contributed by atoms with E-state index in [1.54, 1.807) is 6.07 Å². The van der Waals surface area contributed by atoms with Crippen LogP contribution in [0.5, 0.6) is 5.75 Å². The van der Waals surface area contributed by atoms with E-state index >= 15 is 0 Å². The zero-order valence-corrected chi connectivity index (χ0v) is 9.12. The third kappa shape index (κ3) is 3.60. The quantitative estimate of drug-likeness (QED) is 0.625. The highest BCUT2D eigenvalue weighted by atomic mass is 16.6. The average molecular weight is 237 g/mol.